The molecule has 5 heteroatoms. The van der Waals surface area contributed by atoms with Crippen molar-refractivity contribution in [3.8, 4) is 0 Å². The maximum atomic E-state index is 0. The molecule has 30 valence electrons. The Kier molecular flexibility index (Phi) is 451. The first-order chi connectivity index (χ1) is 0. The second-order valence-corrected chi connectivity index (χ2v) is 0. The molecule has 0 saturated carbocycles. The molecule has 0 radical (unpaired) electrons. The van der Waals surface area contributed by atoms with Crippen LogP contribution in [-0.2, 0) is 19.5 Å². The molecule has 0 heterocycles. The van der Waals surface area contributed by atoms with Gasteiger partial charge >= 0.3 is 45.6 Å². The first-order valence-electron chi connectivity index (χ1n) is 0. The van der Waals surface area contributed by atoms with Crippen molar-refractivity contribution < 1.29 is 30.4 Å². The molecule has 0 unspecified atom stereocenters. The van der Waals surface area contributed by atoms with Gasteiger partial charge in [0, 0.05) is 19.5 Å². The molecule has 0 aliphatic carbocycles. The average Bonchev–Trinajstić information content (AvgIpc) is 0. The van der Waals surface area contributed by atoms with E-state index in [4.69, 9.17) is 0 Å². The third-order valence-electron chi connectivity index (χ3n) is 0. The van der Waals surface area contributed by atoms with Gasteiger partial charge in [-0.25, -0.2) is 0 Å². The van der Waals surface area contributed by atoms with Crippen LogP contribution in [0.2, 0.25) is 0 Å². The van der Waals surface area contributed by atoms with Crippen molar-refractivity contribution in [3.05, 3.63) is 0 Å². The van der Waals surface area contributed by atoms with Gasteiger partial charge in [-0.05, 0) is 0 Å². The Morgan fingerprint density at radius 1 is 0.800 bits per heavy atom. The normalized spacial score (nSPS) is 0. The zero-order valence-corrected chi connectivity index (χ0v) is 4.67. The van der Waals surface area contributed by atoms with E-state index >= 15 is 0 Å². The van der Waals surface area contributed by atoms with Gasteiger partial charge in [-0.1, -0.05) is 0 Å². The van der Waals surface area contributed by atoms with Crippen LogP contribution < -0.4 is 0 Å². The number of hydrogen-bond donors (Lipinski definition) is 0. The van der Waals surface area contributed by atoms with Gasteiger partial charge in [-0.2, -0.15) is 0 Å². The van der Waals surface area contributed by atoms with Gasteiger partial charge in [0.1, 0.15) is 0 Å². The van der Waals surface area contributed by atoms with E-state index in [0.717, 1.165) is 0 Å². The van der Waals surface area contributed by atoms with Gasteiger partial charge in [-0.15, -0.1) is 0 Å². The fourth-order valence-electron chi connectivity index (χ4n) is 0. The van der Waals surface area contributed by atoms with E-state index in [-0.39, 0.29) is 76.1 Å². The third-order valence-corrected chi connectivity index (χ3v) is 0. The van der Waals surface area contributed by atoms with Gasteiger partial charge in [-0.3, -0.25) is 0 Å². The van der Waals surface area contributed by atoms with E-state index in [9.17, 15) is 0 Å². The number of hydrogen-bond acceptors (Lipinski definition) is 0. The van der Waals surface area contributed by atoms with Crippen LogP contribution in [0.25, 0.3) is 0 Å². The van der Waals surface area contributed by atoms with Gasteiger partial charge in [0.05, 0.1) is 0 Å². The maximum absolute atomic E-state index is 0. The minimum Gasteiger partial charge on any atom is 0 e. The summed E-state index contributed by atoms with van der Waals surface area (Å²) in [6.07, 6.45) is 0. The van der Waals surface area contributed by atoms with E-state index in [1.165, 1.54) is 0 Å². The van der Waals surface area contributed by atoms with Crippen LogP contribution >= 0.6 is 0 Å². The fraction of sp³-hybridized carbons (Fsp3) is 0. The van der Waals surface area contributed by atoms with Crippen molar-refractivity contribution in [1.82, 2.24) is 0 Å². The molecular formula is H10GaInO2Zn. The monoisotopic (exact) mass is 290 g/mol. The van der Waals surface area contributed by atoms with Crippen molar-refractivity contribution >= 4 is 45.6 Å². The predicted molar refractivity (Wildman–Crippen MR) is 27.1 cm³/mol. The fourth-order valence-corrected chi connectivity index (χ4v) is 0. The average molecular weight is 292 g/mol. The van der Waals surface area contributed by atoms with Gasteiger partial charge in [0.25, 0.3) is 0 Å². The van der Waals surface area contributed by atoms with Crippen molar-refractivity contribution in [2.45, 2.75) is 0 Å². The standard InChI is InChI=1S/Ga.In.2H2O.Zn.6H/h;;2*1H2;;;;;;;. The Labute approximate surface area is 75.3 Å². The summed E-state index contributed by atoms with van der Waals surface area (Å²) in [6.45, 7) is 0. The molecule has 0 rings (SSSR count). The molecule has 0 spiro atoms. The maximum Gasteiger partial charge on any atom is 0 e. The summed E-state index contributed by atoms with van der Waals surface area (Å²) >= 11 is 0. The predicted octanol–water partition coefficient (Wildman–Crippen LogP) is -4.02. The zero-order valence-electron chi connectivity index (χ0n) is 1.71. The molecule has 2 nitrogen and oxygen atoms in total. The summed E-state index contributed by atoms with van der Waals surface area (Å²) in [7, 11) is 0. The smallest absolute Gasteiger partial charge is 0 e. The van der Waals surface area contributed by atoms with Crippen molar-refractivity contribution in [2.75, 3.05) is 0 Å². The molecular weight excluding hydrogens is 282 g/mol. The Hall–Kier alpha value is 2.05. The summed E-state index contributed by atoms with van der Waals surface area (Å²) in [6, 6.07) is 0. The molecule has 0 amide bonds. The van der Waals surface area contributed by atoms with E-state index in [1.807, 2.05) is 0 Å². The second kappa shape index (κ2) is 36.7. The van der Waals surface area contributed by atoms with E-state index < -0.39 is 0 Å². The molecule has 0 aromatic rings. The second-order valence-electron chi connectivity index (χ2n) is 0. The summed E-state index contributed by atoms with van der Waals surface area (Å²) in [4.78, 5) is 0. The van der Waals surface area contributed by atoms with Gasteiger partial charge in [0.2, 0.25) is 0 Å². The van der Waals surface area contributed by atoms with Crippen LogP contribution in [0.5, 0.6) is 0 Å². The first-order valence-corrected chi connectivity index (χ1v) is 0. The first kappa shape index (κ1) is 61.4. The molecule has 0 aliphatic rings. The van der Waals surface area contributed by atoms with Crippen molar-refractivity contribution in [2.24, 2.45) is 0 Å². The summed E-state index contributed by atoms with van der Waals surface area (Å²) in [5.41, 5.74) is 0. The molecule has 0 atom stereocenters. The Morgan fingerprint density at radius 3 is 0.800 bits per heavy atom. The van der Waals surface area contributed by atoms with Crippen LogP contribution in [0.3, 0.4) is 0 Å². The topological polar surface area (TPSA) is 63.0 Å². The van der Waals surface area contributed by atoms with Crippen LogP contribution in [0.4, 0.5) is 0 Å². The Balaban J connectivity index is 0. The quantitative estimate of drug-likeness (QED) is 0.408. The minimum atomic E-state index is 0. The summed E-state index contributed by atoms with van der Waals surface area (Å²) in [5, 5.41) is 0. The molecule has 0 bridgehead atoms. The Morgan fingerprint density at radius 2 is 0.800 bits per heavy atom. The molecule has 0 aromatic carbocycles. The van der Waals surface area contributed by atoms with E-state index in [1.54, 1.807) is 0 Å². The SMILES string of the molecule is O.O.[GaH3].[InH3].[Zn]. The van der Waals surface area contributed by atoms with Crippen LogP contribution in [0.1, 0.15) is 0 Å². The van der Waals surface area contributed by atoms with Crippen LogP contribution in [0, 0.1) is 0 Å². The van der Waals surface area contributed by atoms with Gasteiger partial charge < -0.3 is 11.0 Å². The van der Waals surface area contributed by atoms with Gasteiger partial charge in [0.15, 0.2) is 0 Å². The van der Waals surface area contributed by atoms with Crippen molar-refractivity contribution in [3.63, 3.8) is 0 Å². The Bertz CT molecular complexity index is 9.61. The molecule has 4 N–H and O–H groups in total. The minimum absolute atomic E-state index is 0. The van der Waals surface area contributed by atoms with Crippen LogP contribution in [0.15, 0.2) is 0 Å². The number of rotatable bonds is 0. The van der Waals surface area contributed by atoms with E-state index in [2.05, 4.69) is 0 Å². The summed E-state index contributed by atoms with van der Waals surface area (Å²) in [5.74, 6) is 0. The molecule has 0 fully saturated rings. The third kappa shape index (κ3) is 23.6. The molecule has 5 heavy (non-hydrogen) atoms. The summed E-state index contributed by atoms with van der Waals surface area (Å²) < 4.78 is 0. The zero-order chi connectivity index (χ0) is 0. The molecule has 0 aliphatic heterocycles. The molecule has 0 saturated heterocycles. The van der Waals surface area contributed by atoms with E-state index in [0.29, 0.717) is 0 Å². The largest absolute Gasteiger partial charge is 0 e. The van der Waals surface area contributed by atoms with Crippen LogP contribution in [-0.4, -0.2) is 56.6 Å². The molecule has 0 aromatic heterocycles. The van der Waals surface area contributed by atoms with Crippen molar-refractivity contribution in [1.29, 1.82) is 0 Å².